The number of hydrogen-bond donors (Lipinski definition) is 2. The van der Waals surface area contributed by atoms with E-state index < -0.39 is 5.60 Å². The first kappa shape index (κ1) is 16.9. The van der Waals surface area contributed by atoms with Crippen molar-refractivity contribution in [1.82, 2.24) is 5.32 Å². The number of halogens is 1. The summed E-state index contributed by atoms with van der Waals surface area (Å²) in [4.78, 5) is 11.8. The van der Waals surface area contributed by atoms with Crippen LogP contribution in [0.1, 0.15) is 46.5 Å². The Hall–Kier alpha value is -1.42. The number of carbonyl (C=O) groups excluding carboxylic acids is 1. The van der Waals surface area contributed by atoms with Crippen LogP contribution in [0.15, 0.2) is 24.3 Å². The van der Waals surface area contributed by atoms with Crippen LogP contribution in [0.25, 0.3) is 0 Å². The van der Waals surface area contributed by atoms with E-state index in [1.165, 1.54) is 0 Å². The number of alkyl carbamates (subject to hydrolysis) is 1. The summed E-state index contributed by atoms with van der Waals surface area (Å²) < 4.78 is 5.30. The van der Waals surface area contributed by atoms with Gasteiger partial charge < -0.3 is 15.4 Å². The van der Waals surface area contributed by atoms with Gasteiger partial charge in [0.1, 0.15) is 5.60 Å². The zero-order chi connectivity index (χ0) is 16.2. The van der Waals surface area contributed by atoms with Crippen molar-refractivity contribution < 1.29 is 9.53 Å². The lowest BCUT2D eigenvalue weighted by Gasteiger charge is -2.31. The number of hydrogen-bond acceptors (Lipinski definition) is 3. The van der Waals surface area contributed by atoms with Crippen LogP contribution in [-0.4, -0.2) is 23.8 Å². The van der Waals surface area contributed by atoms with Crippen LogP contribution in [0, 0.1) is 0 Å². The van der Waals surface area contributed by atoms with Crippen LogP contribution >= 0.6 is 11.6 Å². The van der Waals surface area contributed by atoms with Gasteiger partial charge >= 0.3 is 6.09 Å². The molecule has 0 atom stereocenters. The molecule has 2 rings (SSSR count). The fraction of sp³-hybridized carbons (Fsp3) is 0.588. The Morgan fingerprint density at radius 2 is 1.73 bits per heavy atom. The molecule has 4 nitrogen and oxygen atoms in total. The van der Waals surface area contributed by atoms with Gasteiger partial charge in [0.25, 0.3) is 0 Å². The molecule has 0 heterocycles. The van der Waals surface area contributed by atoms with Gasteiger partial charge in [0.15, 0.2) is 0 Å². The van der Waals surface area contributed by atoms with E-state index in [0.29, 0.717) is 6.04 Å². The fourth-order valence-corrected chi connectivity index (χ4v) is 2.84. The third-order valence-electron chi connectivity index (χ3n) is 3.68. The molecule has 122 valence electrons. The third-order valence-corrected chi connectivity index (χ3v) is 4.01. The van der Waals surface area contributed by atoms with Crippen molar-refractivity contribution in [2.75, 3.05) is 5.32 Å². The zero-order valence-electron chi connectivity index (χ0n) is 13.5. The number of carbonyl (C=O) groups is 1. The lowest BCUT2D eigenvalue weighted by atomic mass is 9.91. The van der Waals surface area contributed by atoms with Crippen molar-refractivity contribution in [1.29, 1.82) is 0 Å². The molecule has 1 aliphatic rings. The number of para-hydroxylation sites is 1. The standard InChI is InChI=1S/C17H25ClN2O2/c1-17(2,3)22-16(21)20-13-10-8-12(9-11-13)19-15-7-5-4-6-14(15)18/h4-7,12-13,19H,8-11H2,1-3H3,(H,20,21). The maximum atomic E-state index is 11.8. The van der Waals surface area contributed by atoms with Gasteiger partial charge in [0, 0.05) is 12.1 Å². The monoisotopic (exact) mass is 324 g/mol. The molecular formula is C17H25ClN2O2. The summed E-state index contributed by atoms with van der Waals surface area (Å²) in [6, 6.07) is 8.38. The Morgan fingerprint density at radius 3 is 2.32 bits per heavy atom. The summed E-state index contributed by atoms with van der Waals surface area (Å²) in [6.07, 6.45) is 3.58. The summed E-state index contributed by atoms with van der Waals surface area (Å²) in [5, 5.41) is 7.19. The van der Waals surface area contributed by atoms with Crippen LogP contribution in [-0.2, 0) is 4.74 Å². The van der Waals surface area contributed by atoms with Crippen LogP contribution in [0.3, 0.4) is 0 Å². The second kappa shape index (κ2) is 7.23. The zero-order valence-corrected chi connectivity index (χ0v) is 14.2. The van der Waals surface area contributed by atoms with E-state index in [-0.39, 0.29) is 12.1 Å². The molecule has 0 saturated heterocycles. The van der Waals surface area contributed by atoms with E-state index in [1.54, 1.807) is 0 Å². The molecule has 0 aromatic heterocycles. The van der Waals surface area contributed by atoms with E-state index in [1.807, 2.05) is 45.0 Å². The van der Waals surface area contributed by atoms with E-state index in [0.717, 1.165) is 36.4 Å². The number of anilines is 1. The highest BCUT2D eigenvalue weighted by Gasteiger charge is 2.24. The third kappa shape index (κ3) is 5.41. The topological polar surface area (TPSA) is 50.4 Å². The van der Waals surface area contributed by atoms with E-state index in [4.69, 9.17) is 16.3 Å². The summed E-state index contributed by atoms with van der Waals surface area (Å²) in [5.74, 6) is 0. The maximum absolute atomic E-state index is 11.8. The molecule has 0 bridgehead atoms. The van der Waals surface area contributed by atoms with Crippen LogP contribution in [0.5, 0.6) is 0 Å². The molecule has 0 radical (unpaired) electrons. The van der Waals surface area contributed by atoms with Crippen molar-refractivity contribution in [3.8, 4) is 0 Å². The SMILES string of the molecule is CC(C)(C)OC(=O)NC1CCC(Nc2ccccc2Cl)CC1. The molecule has 5 heteroatoms. The number of benzene rings is 1. The van der Waals surface area contributed by atoms with Gasteiger partial charge in [-0.05, 0) is 58.6 Å². The van der Waals surface area contributed by atoms with Gasteiger partial charge in [-0.3, -0.25) is 0 Å². The first-order valence-electron chi connectivity index (χ1n) is 7.84. The molecule has 0 aliphatic heterocycles. The van der Waals surface area contributed by atoms with E-state index >= 15 is 0 Å². The first-order chi connectivity index (χ1) is 10.3. The highest BCUT2D eigenvalue weighted by atomic mass is 35.5. The van der Waals surface area contributed by atoms with Gasteiger partial charge in [-0.2, -0.15) is 0 Å². The Morgan fingerprint density at radius 1 is 1.14 bits per heavy atom. The summed E-state index contributed by atoms with van der Waals surface area (Å²) >= 11 is 6.17. The predicted molar refractivity (Wildman–Crippen MR) is 90.5 cm³/mol. The van der Waals surface area contributed by atoms with Crippen molar-refractivity contribution in [3.05, 3.63) is 29.3 Å². The Bertz CT molecular complexity index is 506. The van der Waals surface area contributed by atoms with E-state index in [2.05, 4.69) is 10.6 Å². The molecule has 1 aromatic rings. The smallest absolute Gasteiger partial charge is 0.407 e. The first-order valence-corrected chi connectivity index (χ1v) is 8.22. The molecule has 1 aliphatic carbocycles. The highest BCUT2D eigenvalue weighted by Crippen LogP contribution is 2.26. The number of nitrogens with one attached hydrogen (secondary N) is 2. The largest absolute Gasteiger partial charge is 0.444 e. The van der Waals surface area contributed by atoms with Gasteiger partial charge in [0.2, 0.25) is 0 Å². The molecule has 1 saturated carbocycles. The van der Waals surface area contributed by atoms with Gasteiger partial charge in [0.05, 0.1) is 10.7 Å². The van der Waals surface area contributed by atoms with Crippen LogP contribution in [0.2, 0.25) is 5.02 Å². The van der Waals surface area contributed by atoms with E-state index in [9.17, 15) is 4.79 Å². The Labute approximate surface area is 137 Å². The summed E-state index contributed by atoms with van der Waals surface area (Å²) in [7, 11) is 0. The molecule has 22 heavy (non-hydrogen) atoms. The second-order valence-electron chi connectivity index (χ2n) is 6.82. The van der Waals surface area contributed by atoms with Crippen LogP contribution < -0.4 is 10.6 Å². The molecule has 2 N–H and O–H groups in total. The maximum Gasteiger partial charge on any atom is 0.407 e. The predicted octanol–water partition coefficient (Wildman–Crippen LogP) is 4.59. The Balaban J connectivity index is 1.76. The molecule has 1 aromatic carbocycles. The lowest BCUT2D eigenvalue weighted by molar-refractivity contribution is 0.0492. The molecule has 0 unspecified atom stereocenters. The molecular weight excluding hydrogens is 300 g/mol. The highest BCUT2D eigenvalue weighted by molar-refractivity contribution is 6.33. The fourth-order valence-electron chi connectivity index (χ4n) is 2.65. The summed E-state index contributed by atoms with van der Waals surface area (Å²) in [6.45, 7) is 5.62. The molecule has 1 amide bonds. The normalized spacial score (nSPS) is 22.0. The van der Waals surface area contributed by atoms with Crippen molar-refractivity contribution >= 4 is 23.4 Å². The van der Waals surface area contributed by atoms with Gasteiger partial charge in [-0.25, -0.2) is 4.79 Å². The lowest BCUT2D eigenvalue weighted by Crippen LogP contribution is -2.42. The minimum Gasteiger partial charge on any atom is -0.444 e. The Kier molecular flexibility index (Phi) is 5.57. The summed E-state index contributed by atoms with van der Waals surface area (Å²) in [5.41, 5.74) is 0.528. The second-order valence-corrected chi connectivity index (χ2v) is 7.23. The van der Waals surface area contributed by atoms with Crippen LogP contribution in [0.4, 0.5) is 10.5 Å². The minimum atomic E-state index is -0.451. The van der Waals surface area contributed by atoms with Crippen molar-refractivity contribution in [2.45, 2.75) is 64.1 Å². The minimum absolute atomic E-state index is 0.194. The number of ether oxygens (including phenoxy) is 1. The van der Waals surface area contributed by atoms with Gasteiger partial charge in [-0.1, -0.05) is 23.7 Å². The van der Waals surface area contributed by atoms with Crippen molar-refractivity contribution in [2.24, 2.45) is 0 Å². The number of amides is 1. The quantitative estimate of drug-likeness (QED) is 0.855. The number of rotatable bonds is 3. The van der Waals surface area contributed by atoms with Gasteiger partial charge in [-0.15, -0.1) is 0 Å². The average Bonchev–Trinajstić information content (AvgIpc) is 2.41. The van der Waals surface area contributed by atoms with Crippen molar-refractivity contribution in [3.63, 3.8) is 0 Å². The molecule has 1 fully saturated rings. The average molecular weight is 325 g/mol. The molecule has 0 spiro atoms.